The molecule has 1 aliphatic carbocycles. The Hall–Kier alpha value is -3.21. The number of fused-ring (bicyclic) bond motifs is 1. The number of anilines is 2. The van der Waals surface area contributed by atoms with Crippen molar-refractivity contribution in [3.63, 3.8) is 0 Å². The molecule has 3 aromatic rings. The first-order chi connectivity index (χ1) is 13.2. The van der Waals surface area contributed by atoms with Gasteiger partial charge in [0.05, 0.1) is 6.04 Å². The Morgan fingerprint density at radius 1 is 1.07 bits per heavy atom. The third-order valence-corrected chi connectivity index (χ3v) is 5.06. The van der Waals surface area contributed by atoms with E-state index in [1.165, 1.54) is 11.1 Å². The topological polar surface area (TPSA) is 58.1 Å². The molecule has 0 radical (unpaired) electrons. The maximum absolute atomic E-state index is 13.1. The molecule has 4 rings (SSSR count). The Kier molecular flexibility index (Phi) is 4.83. The summed E-state index contributed by atoms with van der Waals surface area (Å²) in [4.78, 5) is 23.3. The molecule has 5 nitrogen and oxygen atoms in total. The summed E-state index contributed by atoms with van der Waals surface area (Å²) in [5.41, 5.74) is 4.07. The van der Waals surface area contributed by atoms with Crippen molar-refractivity contribution in [2.75, 3.05) is 12.4 Å². The smallest absolute Gasteiger partial charge is 0.254 e. The van der Waals surface area contributed by atoms with Crippen LogP contribution in [0, 0.1) is 0 Å². The van der Waals surface area contributed by atoms with Gasteiger partial charge in [0.15, 0.2) is 0 Å². The lowest BCUT2D eigenvalue weighted by atomic mass is 9.87. The second-order valence-corrected chi connectivity index (χ2v) is 6.80. The van der Waals surface area contributed by atoms with Gasteiger partial charge < -0.3 is 10.2 Å². The maximum atomic E-state index is 13.1. The Balaban J connectivity index is 1.55. The van der Waals surface area contributed by atoms with Crippen molar-refractivity contribution in [2.24, 2.45) is 0 Å². The van der Waals surface area contributed by atoms with Crippen molar-refractivity contribution in [3.05, 3.63) is 83.7 Å². The number of hydrogen-bond acceptors (Lipinski definition) is 4. The second kappa shape index (κ2) is 7.58. The van der Waals surface area contributed by atoms with Gasteiger partial charge in [-0.2, -0.15) is 0 Å². The second-order valence-electron chi connectivity index (χ2n) is 6.80. The van der Waals surface area contributed by atoms with E-state index in [2.05, 4.69) is 39.6 Å². The average Bonchev–Trinajstić information content (AvgIpc) is 2.73. The van der Waals surface area contributed by atoms with Crippen LogP contribution in [-0.4, -0.2) is 27.8 Å². The molecule has 0 aliphatic heterocycles. The van der Waals surface area contributed by atoms with E-state index in [4.69, 9.17) is 0 Å². The lowest BCUT2D eigenvalue weighted by Gasteiger charge is -2.33. The summed E-state index contributed by atoms with van der Waals surface area (Å²) >= 11 is 0. The van der Waals surface area contributed by atoms with Crippen LogP contribution >= 0.6 is 0 Å². The normalized spacial score (nSPS) is 15.7. The predicted octanol–water partition coefficient (Wildman–Crippen LogP) is 4.37. The zero-order valence-corrected chi connectivity index (χ0v) is 15.3. The number of hydrogen-bond donors (Lipinski definition) is 1. The highest BCUT2D eigenvalue weighted by atomic mass is 16.2. The predicted molar refractivity (Wildman–Crippen MR) is 106 cm³/mol. The summed E-state index contributed by atoms with van der Waals surface area (Å²) in [5, 5.41) is 3.14. The fraction of sp³-hybridized carbons (Fsp3) is 0.227. The van der Waals surface area contributed by atoms with Crippen LogP contribution in [0.1, 0.15) is 40.4 Å². The number of nitrogens with one attached hydrogen (secondary N) is 1. The Bertz CT molecular complexity index is 942. The molecule has 0 unspecified atom stereocenters. The van der Waals surface area contributed by atoms with Crippen molar-refractivity contribution in [3.8, 4) is 0 Å². The first-order valence-corrected chi connectivity index (χ1v) is 9.21. The molecule has 1 atom stereocenters. The van der Waals surface area contributed by atoms with Gasteiger partial charge in [-0.3, -0.25) is 4.79 Å². The molecule has 1 amide bonds. The largest absolute Gasteiger partial charge is 0.335 e. The van der Waals surface area contributed by atoms with Crippen LogP contribution in [0.4, 0.5) is 11.6 Å². The number of rotatable bonds is 4. The van der Waals surface area contributed by atoms with Crippen LogP contribution in [0.15, 0.2) is 67.0 Å². The number of benzene rings is 2. The van der Waals surface area contributed by atoms with Gasteiger partial charge in [0, 0.05) is 30.7 Å². The molecule has 0 saturated heterocycles. The van der Waals surface area contributed by atoms with E-state index in [0.717, 1.165) is 24.9 Å². The minimum atomic E-state index is 0.0225. The number of nitrogens with zero attached hydrogens (tertiary/aromatic N) is 3. The summed E-state index contributed by atoms with van der Waals surface area (Å²) in [6.45, 7) is 0. The summed E-state index contributed by atoms with van der Waals surface area (Å²) in [7, 11) is 1.90. The minimum Gasteiger partial charge on any atom is -0.335 e. The van der Waals surface area contributed by atoms with E-state index in [1.807, 2.05) is 36.2 Å². The fourth-order valence-electron chi connectivity index (χ4n) is 3.70. The summed E-state index contributed by atoms with van der Waals surface area (Å²) in [6, 6.07) is 17.8. The maximum Gasteiger partial charge on any atom is 0.254 e. The van der Waals surface area contributed by atoms with E-state index in [-0.39, 0.29) is 11.9 Å². The van der Waals surface area contributed by atoms with Gasteiger partial charge in [0.25, 0.3) is 5.91 Å². The van der Waals surface area contributed by atoms with Crippen molar-refractivity contribution >= 4 is 17.5 Å². The van der Waals surface area contributed by atoms with Crippen LogP contribution in [0.2, 0.25) is 0 Å². The van der Waals surface area contributed by atoms with Crippen LogP contribution in [0.5, 0.6) is 0 Å². The van der Waals surface area contributed by atoms with Gasteiger partial charge in [-0.05, 0) is 54.7 Å². The molecular formula is C22H22N4O. The molecule has 0 fully saturated rings. The number of carbonyl (C=O) groups excluding carboxylic acids is 1. The van der Waals surface area contributed by atoms with Crippen molar-refractivity contribution in [1.82, 2.24) is 14.9 Å². The van der Waals surface area contributed by atoms with Gasteiger partial charge in [-0.1, -0.05) is 30.3 Å². The lowest BCUT2D eigenvalue weighted by Crippen LogP contribution is -2.33. The monoisotopic (exact) mass is 358 g/mol. The quantitative estimate of drug-likeness (QED) is 0.752. The van der Waals surface area contributed by atoms with Gasteiger partial charge in [0.2, 0.25) is 5.95 Å². The highest BCUT2D eigenvalue weighted by molar-refractivity contribution is 5.95. The van der Waals surface area contributed by atoms with Crippen molar-refractivity contribution < 1.29 is 4.79 Å². The summed E-state index contributed by atoms with van der Waals surface area (Å²) in [5.74, 6) is 0.533. The highest BCUT2D eigenvalue weighted by Crippen LogP contribution is 2.34. The Morgan fingerprint density at radius 2 is 1.89 bits per heavy atom. The third-order valence-electron chi connectivity index (χ3n) is 5.06. The minimum absolute atomic E-state index is 0.0225. The zero-order valence-electron chi connectivity index (χ0n) is 15.3. The third kappa shape index (κ3) is 3.67. The molecule has 136 valence electrons. The molecule has 0 spiro atoms. The van der Waals surface area contributed by atoms with Crippen molar-refractivity contribution in [2.45, 2.75) is 25.3 Å². The Labute approximate surface area is 159 Å². The SMILES string of the molecule is CN(C(=O)c1cccc(Nc2ncccn2)c1)[C@@H]1CCCc2ccccc21. The molecule has 1 N–H and O–H groups in total. The standard InChI is InChI=1S/C22H22N4O/c1-26(20-12-5-8-16-7-2-3-11-19(16)20)21(27)17-9-4-10-18(15-17)25-22-23-13-6-14-24-22/h2-4,6-7,9-11,13-15,20H,5,8,12H2,1H3,(H,23,24,25)/t20-/m1/s1. The first-order valence-electron chi connectivity index (χ1n) is 9.21. The average molecular weight is 358 g/mol. The van der Waals surface area contributed by atoms with Gasteiger partial charge >= 0.3 is 0 Å². The molecule has 1 aliphatic rings. The van der Waals surface area contributed by atoms with Crippen LogP contribution < -0.4 is 5.32 Å². The van der Waals surface area contributed by atoms with E-state index in [9.17, 15) is 4.79 Å². The van der Waals surface area contributed by atoms with E-state index in [0.29, 0.717) is 11.5 Å². The first kappa shape index (κ1) is 17.2. The molecule has 1 aromatic heterocycles. The molecule has 27 heavy (non-hydrogen) atoms. The molecule has 0 bridgehead atoms. The number of amides is 1. The number of aromatic nitrogens is 2. The molecule has 5 heteroatoms. The van der Waals surface area contributed by atoms with Crippen LogP contribution in [0.25, 0.3) is 0 Å². The number of carbonyl (C=O) groups is 1. The van der Waals surface area contributed by atoms with E-state index >= 15 is 0 Å². The van der Waals surface area contributed by atoms with Gasteiger partial charge in [-0.15, -0.1) is 0 Å². The summed E-state index contributed by atoms with van der Waals surface area (Å²) in [6.07, 6.45) is 6.55. The molecule has 2 aromatic carbocycles. The molecule has 1 heterocycles. The number of aryl methyl sites for hydroxylation is 1. The van der Waals surface area contributed by atoms with E-state index in [1.54, 1.807) is 18.5 Å². The fourth-order valence-corrected chi connectivity index (χ4v) is 3.70. The zero-order chi connectivity index (χ0) is 18.6. The van der Waals surface area contributed by atoms with Crippen LogP contribution in [0.3, 0.4) is 0 Å². The van der Waals surface area contributed by atoms with Gasteiger partial charge in [-0.25, -0.2) is 9.97 Å². The van der Waals surface area contributed by atoms with Crippen LogP contribution in [-0.2, 0) is 6.42 Å². The van der Waals surface area contributed by atoms with Gasteiger partial charge in [0.1, 0.15) is 0 Å². The van der Waals surface area contributed by atoms with Crippen molar-refractivity contribution in [1.29, 1.82) is 0 Å². The summed E-state index contributed by atoms with van der Waals surface area (Å²) < 4.78 is 0. The molecular weight excluding hydrogens is 336 g/mol. The molecule has 0 saturated carbocycles. The van der Waals surface area contributed by atoms with E-state index < -0.39 is 0 Å². The Morgan fingerprint density at radius 3 is 2.74 bits per heavy atom. The lowest BCUT2D eigenvalue weighted by molar-refractivity contribution is 0.0715. The highest BCUT2D eigenvalue weighted by Gasteiger charge is 2.27.